The Kier molecular flexibility index (Phi) is 7.14. The van der Waals surface area contributed by atoms with E-state index in [1.54, 1.807) is 0 Å². The second-order valence-corrected chi connectivity index (χ2v) is 13.9. The number of fused-ring (bicyclic) bond motifs is 7. The molecule has 0 spiro atoms. The Labute approximate surface area is 317 Å². The zero-order valence-electron chi connectivity index (χ0n) is 29.6. The van der Waals surface area contributed by atoms with Crippen LogP contribution in [0.4, 0.5) is 0 Å². The molecule has 0 fully saturated rings. The molecule has 256 valence electrons. The Morgan fingerprint density at radius 3 is 1.71 bits per heavy atom. The van der Waals surface area contributed by atoms with Crippen molar-refractivity contribution < 1.29 is 4.42 Å². The van der Waals surface area contributed by atoms with Crippen molar-refractivity contribution in [2.45, 2.75) is 0 Å². The zero-order valence-corrected chi connectivity index (χ0v) is 29.6. The topological polar surface area (TPSA) is 51.8 Å². The smallest absolute Gasteiger partial charge is 0.164 e. The average molecular weight is 702 g/mol. The molecule has 9 aromatic carbocycles. The predicted octanol–water partition coefficient (Wildman–Crippen LogP) is 13.6. The Morgan fingerprint density at radius 1 is 0.309 bits per heavy atom. The van der Waals surface area contributed by atoms with Crippen molar-refractivity contribution in [2.24, 2.45) is 0 Å². The molecule has 0 aliphatic carbocycles. The largest absolute Gasteiger partial charge is 0.455 e. The highest BCUT2D eigenvalue weighted by Crippen LogP contribution is 2.42. The maximum atomic E-state index is 6.48. The molecule has 11 aromatic rings. The van der Waals surface area contributed by atoms with Gasteiger partial charge in [0, 0.05) is 33.0 Å². The molecule has 0 saturated carbocycles. The summed E-state index contributed by atoms with van der Waals surface area (Å²) >= 11 is 0. The van der Waals surface area contributed by atoms with Crippen molar-refractivity contribution >= 4 is 54.3 Å². The monoisotopic (exact) mass is 701 g/mol. The third kappa shape index (κ3) is 5.19. The van der Waals surface area contributed by atoms with E-state index in [0.29, 0.717) is 17.5 Å². The van der Waals surface area contributed by atoms with E-state index in [2.05, 4.69) is 133 Å². The fourth-order valence-electron chi connectivity index (χ4n) is 8.13. The van der Waals surface area contributed by atoms with E-state index in [-0.39, 0.29) is 0 Å². The first kappa shape index (κ1) is 31.1. The molecule has 55 heavy (non-hydrogen) atoms. The minimum absolute atomic E-state index is 0.601. The van der Waals surface area contributed by atoms with E-state index in [4.69, 9.17) is 19.4 Å². The molecule has 4 nitrogen and oxygen atoms in total. The normalized spacial score (nSPS) is 11.6. The standard InChI is InChI=1S/C51H31N3O/c1-2-14-34(15-3-1)49-52-50(54-51(53-49)44-21-9-8-19-39(44)42-22-12-23-43-40-20-10-11-24-46(40)55-48(42)43)35-27-25-33(26-28-35)47-38-18-7-5-16-36(38)31-45-37-17-6-4-13-32(37)29-30-41(45)47/h1-31H. The van der Waals surface area contributed by atoms with E-state index >= 15 is 0 Å². The van der Waals surface area contributed by atoms with Crippen LogP contribution in [-0.2, 0) is 0 Å². The van der Waals surface area contributed by atoms with Crippen LogP contribution in [0, 0.1) is 0 Å². The van der Waals surface area contributed by atoms with Gasteiger partial charge in [-0.25, -0.2) is 15.0 Å². The number of benzene rings is 9. The highest BCUT2D eigenvalue weighted by molar-refractivity contribution is 6.20. The van der Waals surface area contributed by atoms with E-state index in [1.807, 2.05) is 54.6 Å². The van der Waals surface area contributed by atoms with Gasteiger partial charge in [-0.2, -0.15) is 0 Å². The molecule has 2 aromatic heterocycles. The molecule has 0 atom stereocenters. The summed E-state index contributed by atoms with van der Waals surface area (Å²) in [4.78, 5) is 15.4. The van der Waals surface area contributed by atoms with Gasteiger partial charge in [0.05, 0.1) is 0 Å². The molecule has 0 N–H and O–H groups in total. The first-order valence-corrected chi connectivity index (χ1v) is 18.5. The summed E-state index contributed by atoms with van der Waals surface area (Å²) in [6.45, 7) is 0. The molecular weight excluding hydrogens is 671 g/mol. The van der Waals surface area contributed by atoms with Gasteiger partial charge in [-0.1, -0.05) is 176 Å². The van der Waals surface area contributed by atoms with Crippen LogP contribution in [0.15, 0.2) is 192 Å². The van der Waals surface area contributed by atoms with E-state index < -0.39 is 0 Å². The van der Waals surface area contributed by atoms with Gasteiger partial charge in [0.1, 0.15) is 11.2 Å². The maximum absolute atomic E-state index is 6.48. The van der Waals surface area contributed by atoms with Gasteiger partial charge in [-0.05, 0) is 61.1 Å². The molecule has 0 aliphatic heterocycles. The highest BCUT2D eigenvalue weighted by Gasteiger charge is 2.19. The van der Waals surface area contributed by atoms with Crippen LogP contribution in [0.1, 0.15) is 0 Å². The van der Waals surface area contributed by atoms with Crippen LogP contribution < -0.4 is 0 Å². The molecule has 0 aliphatic rings. The lowest BCUT2D eigenvalue weighted by Crippen LogP contribution is -2.01. The molecule has 2 heterocycles. The van der Waals surface area contributed by atoms with Crippen molar-refractivity contribution in [1.29, 1.82) is 0 Å². The second kappa shape index (κ2) is 12.6. The third-order valence-electron chi connectivity index (χ3n) is 10.7. The lowest BCUT2D eigenvalue weighted by molar-refractivity contribution is 0.670. The fraction of sp³-hybridized carbons (Fsp3) is 0. The van der Waals surface area contributed by atoms with Gasteiger partial charge < -0.3 is 4.42 Å². The number of hydrogen-bond donors (Lipinski definition) is 0. The first-order valence-electron chi connectivity index (χ1n) is 18.5. The van der Waals surface area contributed by atoms with Gasteiger partial charge >= 0.3 is 0 Å². The summed E-state index contributed by atoms with van der Waals surface area (Å²) in [5.74, 6) is 1.83. The molecule has 4 heteroatoms. The zero-order chi connectivity index (χ0) is 36.3. The fourth-order valence-corrected chi connectivity index (χ4v) is 8.13. The molecule has 11 rings (SSSR count). The molecule has 0 unspecified atom stereocenters. The average Bonchev–Trinajstić information content (AvgIpc) is 3.65. The summed E-state index contributed by atoms with van der Waals surface area (Å²) in [7, 11) is 0. The number of aromatic nitrogens is 3. The number of para-hydroxylation sites is 2. The number of furan rings is 1. The lowest BCUT2D eigenvalue weighted by atomic mass is 9.89. The van der Waals surface area contributed by atoms with E-state index in [9.17, 15) is 0 Å². The Balaban J connectivity index is 1.08. The Hall–Kier alpha value is -7.43. The van der Waals surface area contributed by atoms with Crippen LogP contribution >= 0.6 is 0 Å². The van der Waals surface area contributed by atoms with Crippen molar-refractivity contribution in [2.75, 3.05) is 0 Å². The summed E-state index contributed by atoms with van der Waals surface area (Å²) in [5, 5.41) is 9.60. The SMILES string of the molecule is c1ccc(-c2nc(-c3ccc(-c4c5ccccc5cc5c4ccc4ccccc45)cc3)nc(-c3ccccc3-c3cccc4c3oc3ccccc34)n2)cc1. The van der Waals surface area contributed by atoms with Gasteiger partial charge in [-0.3, -0.25) is 0 Å². The van der Waals surface area contributed by atoms with Gasteiger partial charge in [-0.15, -0.1) is 0 Å². The Bertz CT molecular complexity index is 3260. The van der Waals surface area contributed by atoms with Gasteiger partial charge in [0.2, 0.25) is 0 Å². The van der Waals surface area contributed by atoms with Crippen LogP contribution in [0.25, 0.3) is 111 Å². The van der Waals surface area contributed by atoms with Gasteiger partial charge in [0.25, 0.3) is 0 Å². The highest BCUT2D eigenvalue weighted by atomic mass is 16.3. The lowest BCUT2D eigenvalue weighted by Gasteiger charge is -2.15. The third-order valence-corrected chi connectivity index (χ3v) is 10.7. The van der Waals surface area contributed by atoms with Crippen molar-refractivity contribution in [3.8, 4) is 56.4 Å². The minimum Gasteiger partial charge on any atom is -0.455 e. The van der Waals surface area contributed by atoms with Gasteiger partial charge in [0.15, 0.2) is 17.5 Å². The van der Waals surface area contributed by atoms with Crippen molar-refractivity contribution in [3.63, 3.8) is 0 Å². The predicted molar refractivity (Wildman–Crippen MR) is 227 cm³/mol. The molecule has 0 saturated heterocycles. The Morgan fingerprint density at radius 2 is 0.891 bits per heavy atom. The van der Waals surface area contributed by atoms with Crippen molar-refractivity contribution in [1.82, 2.24) is 15.0 Å². The summed E-state index contributed by atoms with van der Waals surface area (Å²) < 4.78 is 6.48. The van der Waals surface area contributed by atoms with Crippen LogP contribution in [0.3, 0.4) is 0 Å². The number of nitrogens with zero attached hydrogens (tertiary/aromatic N) is 3. The first-order chi connectivity index (χ1) is 27.3. The second-order valence-electron chi connectivity index (χ2n) is 13.9. The molecule has 0 radical (unpaired) electrons. The summed E-state index contributed by atoms with van der Waals surface area (Å²) in [5.41, 5.74) is 8.81. The van der Waals surface area contributed by atoms with Crippen molar-refractivity contribution in [3.05, 3.63) is 188 Å². The molecular formula is C51H31N3O. The quantitative estimate of drug-likeness (QED) is 0.132. The van der Waals surface area contributed by atoms with Crippen LogP contribution in [0.5, 0.6) is 0 Å². The number of hydrogen-bond acceptors (Lipinski definition) is 4. The molecule has 0 amide bonds. The van der Waals surface area contributed by atoms with E-state index in [0.717, 1.165) is 55.3 Å². The summed E-state index contributed by atoms with van der Waals surface area (Å²) in [6.07, 6.45) is 0. The van der Waals surface area contributed by atoms with Crippen LogP contribution in [-0.4, -0.2) is 15.0 Å². The molecule has 0 bridgehead atoms. The maximum Gasteiger partial charge on any atom is 0.164 e. The van der Waals surface area contributed by atoms with Crippen LogP contribution in [0.2, 0.25) is 0 Å². The summed E-state index contributed by atoms with van der Waals surface area (Å²) in [6, 6.07) is 65.7. The number of rotatable bonds is 5. The van der Waals surface area contributed by atoms with E-state index in [1.165, 1.54) is 37.9 Å². The minimum atomic E-state index is 0.601.